The molecular weight excluding hydrogens is 416 g/mol. The van der Waals surface area contributed by atoms with E-state index in [4.69, 9.17) is 4.74 Å². The summed E-state index contributed by atoms with van der Waals surface area (Å²) >= 11 is 0. The molecule has 0 spiro atoms. The molecular formula is C32H52O2. The van der Waals surface area contributed by atoms with Gasteiger partial charge < -0.3 is 4.74 Å². The lowest BCUT2D eigenvalue weighted by Crippen LogP contribution is -2.55. The zero-order valence-electron chi connectivity index (χ0n) is 23.7. The van der Waals surface area contributed by atoms with Gasteiger partial charge in [-0.05, 0) is 89.6 Å². The average molecular weight is 469 g/mol. The number of rotatable bonds is 6. The first-order chi connectivity index (χ1) is 15.8. The van der Waals surface area contributed by atoms with E-state index < -0.39 is 0 Å². The highest BCUT2D eigenvalue weighted by atomic mass is 16.5. The lowest BCUT2D eigenvalue weighted by molar-refractivity contribution is -0.165. The Morgan fingerprint density at radius 3 is 2.35 bits per heavy atom. The van der Waals surface area contributed by atoms with Gasteiger partial charge in [-0.15, -0.1) is 0 Å². The predicted molar refractivity (Wildman–Crippen MR) is 142 cm³/mol. The molecule has 0 radical (unpaired) electrons. The molecule has 2 heteroatoms. The quantitative estimate of drug-likeness (QED) is 0.364. The Kier molecular flexibility index (Phi) is 6.74. The van der Waals surface area contributed by atoms with Crippen LogP contribution in [0.15, 0.2) is 23.3 Å². The van der Waals surface area contributed by atoms with Crippen LogP contribution in [0.5, 0.6) is 0 Å². The van der Waals surface area contributed by atoms with Crippen molar-refractivity contribution < 1.29 is 9.53 Å². The second-order valence-electron chi connectivity index (χ2n) is 14.3. The fraction of sp³-hybridized carbons (Fsp3) is 0.844. The molecule has 0 heterocycles. The molecule has 2 saturated carbocycles. The Balaban J connectivity index is 1.62. The van der Waals surface area contributed by atoms with Crippen molar-refractivity contribution in [1.82, 2.24) is 0 Å². The molecule has 4 aliphatic carbocycles. The third kappa shape index (κ3) is 3.85. The number of carbonyl (C=O) groups excluding carboxylic acids is 1. The van der Waals surface area contributed by atoms with Gasteiger partial charge in [0.1, 0.15) is 6.10 Å². The maximum absolute atomic E-state index is 11.8. The number of fused-ring (bicyclic) bond motifs is 5. The van der Waals surface area contributed by atoms with Crippen LogP contribution in [-0.4, -0.2) is 12.1 Å². The van der Waals surface area contributed by atoms with Crippen LogP contribution in [0.1, 0.15) is 120 Å². The fourth-order valence-electron chi connectivity index (χ4n) is 9.39. The standard InChI is InChI=1S/C32H52O2/c1-21(2)11-10-12-22(3)24-15-19-32(9)26-13-14-27-29(5,6)28(34-23(4)33)17-18-30(27,7)25(26)16-20-31(24,32)8/h13,16,21-22,24,27-28H,10-12,14-15,17-20H2,1-9H3/t22-,24-,27+,28?,30-,31-,32+/m1/s1. The summed E-state index contributed by atoms with van der Waals surface area (Å²) in [6, 6.07) is 0. The van der Waals surface area contributed by atoms with Crippen molar-refractivity contribution in [2.45, 2.75) is 126 Å². The van der Waals surface area contributed by atoms with Gasteiger partial charge in [0.2, 0.25) is 0 Å². The Labute approximate surface area is 210 Å². The smallest absolute Gasteiger partial charge is 0.302 e. The van der Waals surface area contributed by atoms with Gasteiger partial charge >= 0.3 is 5.97 Å². The number of hydrogen-bond donors (Lipinski definition) is 0. The molecule has 0 aromatic rings. The molecule has 192 valence electrons. The molecule has 2 fully saturated rings. The molecule has 7 atom stereocenters. The first-order valence-corrected chi connectivity index (χ1v) is 14.4. The SMILES string of the molecule is CC(=O)OC1CC[C@]2(C)C3=CC[C@]4(C)[C@@H]([C@H](C)CCCC(C)C)CC[C@@]4(C)C3=CC[C@H]2C1(C)C. The van der Waals surface area contributed by atoms with E-state index in [1.165, 1.54) is 38.5 Å². The molecule has 1 unspecified atom stereocenters. The van der Waals surface area contributed by atoms with Gasteiger partial charge in [-0.1, -0.05) is 86.8 Å². The molecule has 0 aromatic carbocycles. The van der Waals surface area contributed by atoms with E-state index in [0.29, 0.717) is 16.7 Å². The molecule has 2 nitrogen and oxygen atoms in total. The highest BCUT2D eigenvalue weighted by molar-refractivity contribution is 5.66. The van der Waals surface area contributed by atoms with Gasteiger partial charge in [-0.3, -0.25) is 4.79 Å². The van der Waals surface area contributed by atoms with Crippen molar-refractivity contribution in [3.05, 3.63) is 23.3 Å². The van der Waals surface area contributed by atoms with E-state index in [1.807, 2.05) is 0 Å². The Morgan fingerprint density at radius 2 is 1.71 bits per heavy atom. The summed E-state index contributed by atoms with van der Waals surface area (Å²) in [6.45, 7) is 21.3. The van der Waals surface area contributed by atoms with Crippen molar-refractivity contribution in [3.63, 3.8) is 0 Å². The van der Waals surface area contributed by atoms with Gasteiger partial charge in [0.05, 0.1) is 0 Å². The molecule has 4 aliphatic rings. The van der Waals surface area contributed by atoms with E-state index in [-0.39, 0.29) is 22.9 Å². The number of hydrogen-bond acceptors (Lipinski definition) is 2. The van der Waals surface area contributed by atoms with Crippen LogP contribution >= 0.6 is 0 Å². The number of allylic oxidation sites excluding steroid dienone is 4. The van der Waals surface area contributed by atoms with Crippen molar-refractivity contribution >= 4 is 5.97 Å². The van der Waals surface area contributed by atoms with E-state index in [1.54, 1.807) is 18.1 Å². The minimum Gasteiger partial charge on any atom is -0.462 e. The summed E-state index contributed by atoms with van der Waals surface area (Å²) in [5, 5.41) is 0. The molecule has 0 amide bonds. The lowest BCUT2D eigenvalue weighted by atomic mass is 9.44. The maximum Gasteiger partial charge on any atom is 0.302 e. The van der Waals surface area contributed by atoms with Gasteiger partial charge in [0.25, 0.3) is 0 Å². The van der Waals surface area contributed by atoms with Crippen molar-refractivity contribution in [1.29, 1.82) is 0 Å². The largest absolute Gasteiger partial charge is 0.462 e. The van der Waals surface area contributed by atoms with Crippen LogP contribution < -0.4 is 0 Å². The average Bonchev–Trinajstić information content (AvgIpc) is 3.01. The fourth-order valence-corrected chi connectivity index (χ4v) is 9.39. The normalized spacial score (nSPS) is 41.6. The van der Waals surface area contributed by atoms with Crippen molar-refractivity contribution in [2.24, 2.45) is 45.3 Å². The topological polar surface area (TPSA) is 26.3 Å². The second kappa shape index (κ2) is 8.81. The first-order valence-electron chi connectivity index (χ1n) is 14.4. The predicted octanol–water partition coefficient (Wildman–Crippen LogP) is 8.91. The number of carbonyl (C=O) groups is 1. The minimum absolute atomic E-state index is 0.00760. The molecule has 0 aromatic heterocycles. The maximum atomic E-state index is 11.8. The summed E-state index contributed by atoms with van der Waals surface area (Å²) in [5.41, 5.74) is 4.19. The highest BCUT2D eigenvalue weighted by Gasteiger charge is 2.63. The molecule has 0 bridgehead atoms. The monoisotopic (exact) mass is 468 g/mol. The molecule has 4 rings (SSSR count). The third-order valence-corrected chi connectivity index (χ3v) is 11.7. The third-order valence-electron chi connectivity index (χ3n) is 11.7. The zero-order valence-corrected chi connectivity index (χ0v) is 23.7. The molecule has 0 saturated heterocycles. The lowest BCUT2D eigenvalue weighted by Gasteiger charge is -2.61. The van der Waals surface area contributed by atoms with Crippen molar-refractivity contribution in [2.75, 3.05) is 0 Å². The molecule has 0 N–H and O–H groups in total. The molecule has 34 heavy (non-hydrogen) atoms. The second-order valence-corrected chi connectivity index (χ2v) is 14.3. The van der Waals surface area contributed by atoms with Crippen LogP contribution in [0, 0.1) is 45.3 Å². The van der Waals surface area contributed by atoms with Crippen LogP contribution in [0.4, 0.5) is 0 Å². The van der Waals surface area contributed by atoms with E-state index in [0.717, 1.165) is 37.0 Å². The van der Waals surface area contributed by atoms with Crippen LogP contribution in [0.3, 0.4) is 0 Å². The van der Waals surface area contributed by atoms with E-state index in [2.05, 4.69) is 67.5 Å². The van der Waals surface area contributed by atoms with Gasteiger partial charge in [-0.25, -0.2) is 0 Å². The van der Waals surface area contributed by atoms with E-state index >= 15 is 0 Å². The van der Waals surface area contributed by atoms with Crippen LogP contribution in [0.25, 0.3) is 0 Å². The highest BCUT2D eigenvalue weighted by Crippen LogP contribution is 2.71. The minimum atomic E-state index is -0.131. The Hall–Kier alpha value is -1.05. The van der Waals surface area contributed by atoms with Crippen molar-refractivity contribution in [3.8, 4) is 0 Å². The van der Waals surface area contributed by atoms with Crippen LogP contribution in [0.2, 0.25) is 0 Å². The number of esters is 1. The summed E-state index contributed by atoms with van der Waals surface area (Å²) in [4.78, 5) is 11.8. The van der Waals surface area contributed by atoms with E-state index in [9.17, 15) is 4.79 Å². The molecule has 0 aliphatic heterocycles. The first kappa shape index (κ1) is 26.0. The van der Waals surface area contributed by atoms with Gasteiger partial charge in [0.15, 0.2) is 0 Å². The van der Waals surface area contributed by atoms with Gasteiger partial charge in [-0.2, -0.15) is 0 Å². The summed E-state index contributed by atoms with van der Waals surface area (Å²) < 4.78 is 5.85. The summed E-state index contributed by atoms with van der Waals surface area (Å²) in [5.74, 6) is 2.84. The zero-order chi connectivity index (χ0) is 25.1. The summed E-state index contributed by atoms with van der Waals surface area (Å²) in [6.07, 6.45) is 16.7. The van der Waals surface area contributed by atoms with Gasteiger partial charge in [0, 0.05) is 12.3 Å². The summed E-state index contributed by atoms with van der Waals surface area (Å²) in [7, 11) is 0. The Morgan fingerprint density at radius 1 is 1.00 bits per heavy atom. The van der Waals surface area contributed by atoms with Crippen LogP contribution in [-0.2, 0) is 9.53 Å². The Bertz CT molecular complexity index is 862. The number of ether oxygens (including phenoxy) is 1.